The van der Waals surface area contributed by atoms with Crippen LogP contribution in [0.15, 0.2) is 58.7 Å². The van der Waals surface area contributed by atoms with Crippen molar-refractivity contribution < 1.29 is 19.1 Å². The first-order valence-corrected chi connectivity index (χ1v) is 11.1. The van der Waals surface area contributed by atoms with Crippen molar-refractivity contribution in [3.05, 3.63) is 81.1 Å². The number of esters is 1. The van der Waals surface area contributed by atoms with Crippen LogP contribution >= 0.6 is 11.3 Å². The number of nitrogens with zero attached hydrogens (tertiary/aromatic N) is 2. The van der Waals surface area contributed by atoms with E-state index in [4.69, 9.17) is 9.47 Å². The molecule has 0 saturated heterocycles. The Hall–Kier alpha value is -3.98. The Morgan fingerprint density at radius 2 is 1.85 bits per heavy atom. The van der Waals surface area contributed by atoms with Crippen molar-refractivity contribution in [1.29, 1.82) is 0 Å². The summed E-state index contributed by atoms with van der Waals surface area (Å²) in [5.41, 5.74) is 1.37. The van der Waals surface area contributed by atoms with E-state index >= 15 is 0 Å². The first-order valence-electron chi connectivity index (χ1n) is 10.2. The van der Waals surface area contributed by atoms with E-state index in [0.29, 0.717) is 27.4 Å². The Labute approximate surface area is 193 Å². The molecule has 8 nitrogen and oxygen atoms in total. The predicted octanol–water partition coefficient (Wildman–Crippen LogP) is 4.19. The Kier molecular flexibility index (Phi) is 6.23. The standard InChI is InChI=1S/C24H21N3O5S/c1-4-32-24(30)20-17-13-33-22(25-21(28)16-7-5-6-8-18(16)31-3)19(17)23(29)27(26-20)15-11-9-14(2)10-12-15/h5-13H,4H2,1-3H3,(H,25,28). The van der Waals surface area contributed by atoms with Gasteiger partial charge < -0.3 is 14.8 Å². The number of thiophene rings is 1. The van der Waals surface area contributed by atoms with Gasteiger partial charge >= 0.3 is 5.97 Å². The highest BCUT2D eigenvalue weighted by atomic mass is 32.1. The Morgan fingerprint density at radius 1 is 1.12 bits per heavy atom. The summed E-state index contributed by atoms with van der Waals surface area (Å²) in [4.78, 5) is 39.1. The molecule has 0 unspecified atom stereocenters. The molecule has 0 atom stereocenters. The molecule has 0 radical (unpaired) electrons. The van der Waals surface area contributed by atoms with Crippen LogP contribution in [0.1, 0.15) is 33.3 Å². The SMILES string of the molecule is CCOC(=O)c1nn(-c2ccc(C)cc2)c(=O)c2c(NC(=O)c3ccccc3OC)scc12. The molecule has 0 spiro atoms. The Morgan fingerprint density at radius 3 is 2.55 bits per heavy atom. The minimum absolute atomic E-state index is 0.000987. The third kappa shape index (κ3) is 4.22. The minimum Gasteiger partial charge on any atom is -0.496 e. The molecule has 4 rings (SSSR count). The first-order chi connectivity index (χ1) is 15.9. The molecule has 0 saturated carbocycles. The van der Waals surface area contributed by atoms with E-state index in [-0.39, 0.29) is 17.7 Å². The molecule has 33 heavy (non-hydrogen) atoms. The molecule has 0 aliphatic carbocycles. The van der Waals surface area contributed by atoms with E-state index in [2.05, 4.69) is 10.4 Å². The normalized spacial score (nSPS) is 10.8. The molecular formula is C24H21N3O5S. The molecule has 0 fully saturated rings. The Balaban J connectivity index is 1.88. The van der Waals surface area contributed by atoms with Gasteiger partial charge in [-0.2, -0.15) is 9.78 Å². The third-order valence-electron chi connectivity index (χ3n) is 4.98. The van der Waals surface area contributed by atoms with Gasteiger partial charge in [0.25, 0.3) is 11.5 Å². The lowest BCUT2D eigenvalue weighted by molar-refractivity contribution is 0.0520. The number of rotatable bonds is 6. The maximum Gasteiger partial charge on any atom is 0.359 e. The average Bonchev–Trinajstić information content (AvgIpc) is 3.24. The molecule has 2 aromatic heterocycles. The summed E-state index contributed by atoms with van der Waals surface area (Å²) in [6.45, 7) is 3.78. The van der Waals surface area contributed by atoms with E-state index in [1.165, 1.54) is 7.11 Å². The molecule has 0 bridgehead atoms. The fourth-order valence-corrected chi connectivity index (χ4v) is 4.29. The van der Waals surface area contributed by atoms with Crippen LogP contribution in [0, 0.1) is 6.92 Å². The smallest absolute Gasteiger partial charge is 0.359 e. The van der Waals surface area contributed by atoms with Gasteiger partial charge in [-0.15, -0.1) is 11.3 Å². The van der Waals surface area contributed by atoms with Crippen molar-refractivity contribution in [3.63, 3.8) is 0 Å². The topological polar surface area (TPSA) is 99.5 Å². The monoisotopic (exact) mass is 463 g/mol. The summed E-state index contributed by atoms with van der Waals surface area (Å²) in [6, 6.07) is 13.9. The van der Waals surface area contributed by atoms with Crippen molar-refractivity contribution in [2.75, 3.05) is 19.0 Å². The number of aromatic nitrogens is 2. The average molecular weight is 464 g/mol. The van der Waals surface area contributed by atoms with Crippen LogP contribution in [0.2, 0.25) is 0 Å². The number of hydrogen-bond acceptors (Lipinski definition) is 7. The number of aryl methyl sites for hydroxylation is 1. The fourth-order valence-electron chi connectivity index (χ4n) is 3.36. The van der Waals surface area contributed by atoms with Crippen molar-refractivity contribution in [1.82, 2.24) is 9.78 Å². The quantitative estimate of drug-likeness (QED) is 0.431. The number of hydrogen-bond donors (Lipinski definition) is 1. The summed E-state index contributed by atoms with van der Waals surface area (Å²) in [7, 11) is 1.48. The molecule has 0 aliphatic rings. The van der Waals surface area contributed by atoms with Crippen LogP contribution in [-0.4, -0.2) is 35.4 Å². The molecule has 4 aromatic rings. The second-order valence-electron chi connectivity index (χ2n) is 7.13. The lowest BCUT2D eigenvalue weighted by Crippen LogP contribution is -2.25. The minimum atomic E-state index is -0.649. The van der Waals surface area contributed by atoms with Gasteiger partial charge in [-0.1, -0.05) is 29.8 Å². The maximum absolute atomic E-state index is 13.4. The Bertz CT molecular complexity index is 1410. The molecule has 9 heteroatoms. The molecule has 168 valence electrons. The zero-order valence-electron chi connectivity index (χ0n) is 18.2. The number of para-hydroxylation sites is 1. The number of amides is 1. The van der Waals surface area contributed by atoms with E-state index < -0.39 is 17.4 Å². The van der Waals surface area contributed by atoms with Crippen LogP contribution in [0.3, 0.4) is 0 Å². The number of benzene rings is 2. The highest BCUT2D eigenvalue weighted by Gasteiger charge is 2.24. The van der Waals surface area contributed by atoms with E-state index in [1.54, 1.807) is 48.7 Å². The van der Waals surface area contributed by atoms with Gasteiger partial charge in [-0.25, -0.2) is 4.79 Å². The highest BCUT2D eigenvalue weighted by Crippen LogP contribution is 2.31. The number of anilines is 1. The van der Waals surface area contributed by atoms with E-state index in [1.807, 2.05) is 19.1 Å². The number of carbonyl (C=O) groups excluding carboxylic acids is 2. The summed E-state index contributed by atoms with van der Waals surface area (Å²) in [6.07, 6.45) is 0. The third-order valence-corrected chi connectivity index (χ3v) is 5.87. The zero-order valence-corrected chi connectivity index (χ0v) is 19.1. The lowest BCUT2D eigenvalue weighted by Gasteiger charge is -2.11. The summed E-state index contributed by atoms with van der Waals surface area (Å²) in [5, 5.41) is 9.52. The van der Waals surface area contributed by atoms with Crippen LogP contribution in [0.5, 0.6) is 5.75 Å². The number of ether oxygens (including phenoxy) is 2. The van der Waals surface area contributed by atoms with Gasteiger partial charge in [0.1, 0.15) is 10.8 Å². The molecular weight excluding hydrogens is 442 g/mol. The molecule has 1 amide bonds. The van der Waals surface area contributed by atoms with Crippen molar-refractivity contribution in [2.45, 2.75) is 13.8 Å². The van der Waals surface area contributed by atoms with Gasteiger partial charge in [-0.3, -0.25) is 9.59 Å². The molecule has 0 aliphatic heterocycles. The van der Waals surface area contributed by atoms with E-state index in [9.17, 15) is 14.4 Å². The van der Waals surface area contributed by atoms with Crippen LogP contribution in [0.4, 0.5) is 5.00 Å². The van der Waals surface area contributed by atoms with Crippen LogP contribution in [-0.2, 0) is 4.74 Å². The lowest BCUT2D eigenvalue weighted by atomic mass is 10.1. The zero-order chi connectivity index (χ0) is 23.5. The van der Waals surface area contributed by atoms with Gasteiger partial charge in [0.2, 0.25) is 0 Å². The molecule has 1 N–H and O–H groups in total. The molecule has 2 aromatic carbocycles. The highest BCUT2D eigenvalue weighted by molar-refractivity contribution is 7.16. The van der Waals surface area contributed by atoms with Gasteiger partial charge in [0, 0.05) is 10.8 Å². The van der Waals surface area contributed by atoms with Gasteiger partial charge in [0.15, 0.2) is 5.69 Å². The van der Waals surface area contributed by atoms with Gasteiger partial charge in [0.05, 0.1) is 30.4 Å². The molecule has 2 heterocycles. The maximum atomic E-state index is 13.4. The number of nitrogens with one attached hydrogen (secondary N) is 1. The fraction of sp³-hybridized carbons (Fsp3) is 0.167. The van der Waals surface area contributed by atoms with Crippen molar-refractivity contribution >= 4 is 39.0 Å². The van der Waals surface area contributed by atoms with Crippen molar-refractivity contribution in [2.24, 2.45) is 0 Å². The van der Waals surface area contributed by atoms with Crippen LogP contribution < -0.4 is 15.6 Å². The summed E-state index contributed by atoms with van der Waals surface area (Å²) in [5.74, 6) is -0.683. The summed E-state index contributed by atoms with van der Waals surface area (Å²) >= 11 is 1.14. The van der Waals surface area contributed by atoms with Crippen molar-refractivity contribution in [3.8, 4) is 11.4 Å². The van der Waals surface area contributed by atoms with Gasteiger partial charge in [-0.05, 0) is 38.1 Å². The van der Waals surface area contributed by atoms with Crippen LogP contribution in [0.25, 0.3) is 16.5 Å². The summed E-state index contributed by atoms with van der Waals surface area (Å²) < 4.78 is 11.6. The predicted molar refractivity (Wildman–Crippen MR) is 127 cm³/mol. The second-order valence-corrected chi connectivity index (χ2v) is 8.01. The first kappa shape index (κ1) is 22.2. The number of fused-ring (bicyclic) bond motifs is 1. The van der Waals surface area contributed by atoms with E-state index in [0.717, 1.165) is 21.6 Å². The number of carbonyl (C=O) groups is 2. The number of methoxy groups -OCH3 is 1. The second kappa shape index (κ2) is 9.25. The largest absolute Gasteiger partial charge is 0.496 e.